The summed E-state index contributed by atoms with van der Waals surface area (Å²) in [5.74, 6) is -0.479. The first kappa shape index (κ1) is 101. The Labute approximate surface area is 632 Å². The molecule has 0 amide bonds. The zero-order chi connectivity index (χ0) is 75.6. The van der Waals surface area contributed by atoms with Crippen molar-refractivity contribution in [1.82, 2.24) is 0 Å². The van der Waals surface area contributed by atoms with Crippen molar-refractivity contribution in [2.45, 2.75) is 464 Å². The summed E-state index contributed by atoms with van der Waals surface area (Å²) < 4.78 is 68.8. The molecule has 0 rings (SSSR count). The van der Waals surface area contributed by atoms with Gasteiger partial charge in [-0.15, -0.1) is 0 Å². The maximum absolute atomic E-state index is 13.1. The Morgan fingerprint density at radius 3 is 0.738 bits per heavy atom. The molecule has 19 heteroatoms. The van der Waals surface area contributed by atoms with Gasteiger partial charge in [-0.25, -0.2) is 9.13 Å². The summed E-state index contributed by atoms with van der Waals surface area (Å²) in [5.41, 5.74) is 0. The Morgan fingerprint density at radius 2 is 0.495 bits per heavy atom. The molecule has 0 saturated heterocycles. The lowest BCUT2D eigenvalue weighted by Crippen LogP contribution is -2.30. The van der Waals surface area contributed by atoms with Gasteiger partial charge >= 0.3 is 39.5 Å². The number of rotatable bonds is 83. The highest BCUT2D eigenvalue weighted by Gasteiger charge is 2.30. The van der Waals surface area contributed by atoms with Gasteiger partial charge in [0.2, 0.25) is 0 Å². The summed E-state index contributed by atoms with van der Waals surface area (Å²) in [5, 5.41) is 10.7. The third-order valence-corrected chi connectivity index (χ3v) is 22.0. The van der Waals surface area contributed by atoms with Gasteiger partial charge in [-0.05, 0) is 37.5 Å². The minimum Gasteiger partial charge on any atom is -0.462 e. The molecule has 0 heterocycles. The normalized spacial score (nSPS) is 14.1. The Bertz CT molecular complexity index is 1980. The number of aliphatic hydroxyl groups is 1. The second-order valence-electron chi connectivity index (χ2n) is 30.9. The number of carbonyl (C=O) groups excluding carboxylic acids is 4. The molecule has 0 aliphatic rings. The Hall–Kier alpha value is -1.94. The smallest absolute Gasteiger partial charge is 0.462 e. The van der Waals surface area contributed by atoms with Crippen LogP contribution in [0.4, 0.5) is 0 Å². The Balaban J connectivity index is 5.25. The molecule has 6 atom stereocenters. The minimum absolute atomic E-state index is 0.107. The average Bonchev–Trinajstić information content (AvgIpc) is 0.908. The molecule has 17 nitrogen and oxygen atoms in total. The van der Waals surface area contributed by atoms with Crippen LogP contribution >= 0.6 is 15.6 Å². The first-order valence-corrected chi connectivity index (χ1v) is 46.5. The number of phosphoric ester groups is 2. The van der Waals surface area contributed by atoms with Gasteiger partial charge in [0.25, 0.3) is 0 Å². The molecular weight excluding hydrogens is 1340 g/mol. The Kier molecular flexibility index (Phi) is 74.1. The maximum atomic E-state index is 13.1. The predicted molar refractivity (Wildman–Crippen MR) is 423 cm³/mol. The number of hydrogen-bond acceptors (Lipinski definition) is 15. The monoisotopic (exact) mass is 1510 g/mol. The number of ether oxygens (including phenoxy) is 4. The summed E-state index contributed by atoms with van der Waals surface area (Å²) in [6, 6.07) is 0. The molecule has 0 aliphatic carbocycles. The van der Waals surface area contributed by atoms with Crippen molar-refractivity contribution in [3.8, 4) is 0 Å². The molecule has 103 heavy (non-hydrogen) atoms. The number of esters is 4. The third-order valence-electron chi connectivity index (χ3n) is 20.1. The molecule has 0 aromatic carbocycles. The van der Waals surface area contributed by atoms with Crippen molar-refractivity contribution in [2.75, 3.05) is 39.6 Å². The van der Waals surface area contributed by atoms with Gasteiger partial charge < -0.3 is 33.8 Å². The van der Waals surface area contributed by atoms with Crippen LogP contribution in [0.5, 0.6) is 0 Å². The van der Waals surface area contributed by atoms with Crippen LogP contribution in [0.1, 0.15) is 446 Å². The van der Waals surface area contributed by atoms with E-state index in [-0.39, 0.29) is 25.7 Å². The van der Waals surface area contributed by atoms with Gasteiger partial charge in [-0.2, -0.15) is 0 Å². The molecule has 0 aromatic heterocycles. The standard InChI is InChI=1S/C84H164O17P2/c1-7-10-12-14-16-18-20-22-23-29-32-36-43-49-55-61-67-82(87)95-72-79(100-83(88)68-62-56-50-44-37-33-30-27-25-24-26-28-31-34-40-46-52-58-64-76(4)5)74-98-102(90,91)96-70-78(85)71-97-103(92,93)99-75-80(73-94-81(86)66-60-54-48-42-35-21-19-17-15-13-11-8-2)101-84(89)69-63-57-51-45-39-38-41-47-53-59-65-77(6)9-3/h76-80,85H,7-75H2,1-6H3,(H,90,91)(H,92,93)/t77?,78-,79-,80-/m1/s1. The molecule has 0 radical (unpaired) electrons. The van der Waals surface area contributed by atoms with E-state index < -0.39 is 97.5 Å². The van der Waals surface area contributed by atoms with E-state index in [1.807, 2.05) is 0 Å². The third kappa shape index (κ3) is 76.6. The summed E-state index contributed by atoms with van der Waals surface area (Å²) in [4.78, 5) is 73.2. The fraction of sp³-hybridized carbons (Fsp3) is 0.952. The van der Waals surface area contributed by atoms with E-state index >= 15 is 0 Å². The van der Waals surface area contributed by atoms with Crippen LogP contribution in [-0.4, -0.2) is 96.7 Å². The first-order valence-electron chi connectivity index (χ1n) is 43.5. The number of unbranched alkanes of at least 4 members (excludes halogenated alkanes) is 52. The lowest BCUT2D eigenvalue weighted by Gasteiger charge is -2.21. The molecule has 0 aromatic rings. The van der Waals surface area contributed by atoms with E-state index in [0.29, 0.717) is 25.7 Å². The van der Waals surface area contributed by atoms with Gasteiger partial charge in [0, 0.05) is 25.7 Å². The molecule has 3 N–H and O–H groups in total. The summed E-state index contributed by atoms with van der Waals surface area (Å²) in [7, 11) is -9.92. The average molecular weight is 1510 g/mol. The van der Waals surface area contributed by atoms with E-state index in [2.05, 4.69) is 41.5 Å². The van der Waals surface area contributed by atoms with Crippen molar-refractivity contribution in [3.05, 3.63) is 0 Å². The summed E-state index contributed by atoms with van der Waals surface area (Å²) in [6.07, 6.45) is 66.5. The quantitative estimate of drug-likeness (QED) is 0.0222. The van der Waals surface area contributed by atoms with Gasteiger partial charge in [-0.1, -0.05) is 395 Å². The summed E-state index contributed by atoms with van der Waals surface area (Å²) >= 11 is 0. The van der Waals surface area contributed by atoms with Crippen LogP contribution in [0.2, 0.25) is 0 Å². The SMILES string of the molecule is CCCCCCCCCCCCCCCCCCC(=O)OC[C@H](COP(=O)(O)OC[C@@H](O)COP(=O)(O)OC[C@@H](COC(=O)CCCCCCCCCCCCCC)OC(=O)CCCCCCCCCCCCC(C)CC)OC(=O)CCCCCCCCCCCCCCCCCCCCC(C)C. The molecule has 0 spiro atoms. The van der Waals surface area contributed by atoms with E-state index in [4.69, 9.17) is 37.0 Å². The fourth-order valence-corrected chi connectivity index (χ4v) is 14.6. The predicted octanol–water partition coefficient (Wildman–Crippen LogP) is 25.5. The fourth-order valence-electron chi connectivity index (χ4n) is 13.0. The van der Waals surface area contributed by atoms with Gasteiger partial charge in [0.1, 0.15) is 19.3 Å². The lowest BCUT2D eigenvalue weighted by atomic mass is 9.99. The lowest BCUT2D eigenvalue weighted by molar-refractivity contribution is -0.161. The van der Waals surface area contributed by atoms with Gasteiger partial charge in [0.15, 0.2) is 12.2 Å². The van der Waals surface area contributed by atoms with Crippen LogP contribution in [0.25, 0.3) is 0 Å². The number of carbonyl (C=O) groups is 4. The highest BCUT2D eigenvalue weighted by Crippen LogP contribution is 2.45. The van der Waals surface area contributed by atoms with E-state index in [1.54, 1.807) is 0 Å². The van der Waals surface area contributed by atoms with Crippen molar-refractivity contribution in [3.63, 3.8) is 0 Å². The van der Waals surface area contributed by atoms with E-state index in [9.17, 15) is 43.2 Å². The zero-order valence-corrected chi connectivity index (χ0v) is 69.4. The van der Waals surface area contributed by atoms with Crippen LogP contribution in [0.3, 0.4) is 0 Å². The van der Waals surface area contributed by atoms with Gasteiger partial charge in [-0.3, -0.25) is 37.3 Å². The second-order valence-corrected chi connectivity index (χ2v) is 33.8. The Morgan fingerprint density at radius 1 is 0.282 bits per heavy atom. The van der Waals surface area contributed by atoms with Crippen LogP contribution in [0, 0.1) is 11.8 Å². The highest BCUT2D eigenvalue weighted by molar-refractivity contribution is 7.47. The highest BCUT2D eigenvalue weighted by atomic mass is 31.2. The molecule has 0 aliphatic heterocycles. The van der Waals surface area contributed by atoms with Crippen molar-refractivity contribution in [2.24, 2.45) is 11.8 Å². The summed E-state index contributed by atoms with van der Waals surface area (Å²) in [6.45, 7) is 9.72. The topological polar surface area (TPSA) is 237 Å². The minimum atomic E-state index is -4.96. The van der Waals surface area contributed by atoms with E-state index in [0.717, 1.165) is 102 Å². The van der Waals surface area contributed by atoms with E-state index in [1.165, 1.54) is 263 Å². The van der Waals surface area contributed by atoms with Crippen molar-refractivity contribution < 1.29 is 80.2 Å². The maximum Gasteiger partial charge on any atom is 0.472 e. The molecule has 3 unspecified atom stereocenters. The second kappa shape index (κ2) is 75.5. The van der Waals surface area contributed by atoms with Crippen LogP contribution < -0.4 is 0 Å². The largest absolute Gasteiger partial charge is 0.472 e. The van der Waals surface area contributed by atoms with Crippen molar-refractivity contribution >= 4 is 39.5 Å². The molecule has 0 bridgehead atoms. The van der Waals surface area contributed by atoms with Crippen molar-refractivity contribution in [1.29, 1.82) is 0 Å². The number of hydrogen-bond donors (Lipinski definition) is 3. The first-order chi connectivity index (χ1) is 49.9. The number of aliphatic hydroxyl groups excluding tert-OH is 1. The molecular formula is C84H164O17P2. The zero-order valence-electron chi connectivity index (χ0n) is 67.6. The van der Waals surface area contributed by atoms with Crippen LogP contribution in [-0.2, 0) is 65.4 Å². The molecule has 612 valence electrons. The van der Waals surface area contributed by atoms with Crippen LogP contribution in [0.15, 0.2) is 0 Å². The number of phosphoric acid groups is 2. The van der Waals surface area contributed by atoms with Gasteiger partial charge in [0.05, 0.1) is 26.4 Å². The molecule has 0 fully saturated rings. The molecule has 0 saturated carbocycles.